The molecule has 106 valence electrons. The molecule has 1 saturated carbocycles. The van der Waals surface area contributed by atoms with Crippen molar-refractivity contribution in [1.82, 2.24) is 4.98 Å². The van der Waals surface area contributed by atoms with Crippen molar-refractivity contribution in [3.05, 3.63) is 42.1 Å². The molecule has 2 N–H and O–H groups in total. The summed E-state index contributed by atoms with van der Waals surface area (Å²) in [5, 5.41) is 1.19. The molecule has 0 saturated heterocycles. The minimum absolute atomic E-state index is 0.255. The second kappa shape index (κ2) is 4.56. The van der Waals surface area contributed by atoms with Gasteiger partial charge in [0.05, 0.1) is 5.52 Å². The summed E-state index contributed by atoms with van der Waals surface area (Å²) < 4.78 is 0. The predicted octanol–water partition coefficient (Wildman–Crippen LogP) is 4.24. The molecule has 2 unspecified atom stereocenters. The topological polar surface area (TPSA) is 38.9 Å². The van der Waals surface area contributed by atoms with Gasteiger partial charge in [0.25, 0.3) is 0 Å². The molecule has 0 aliphatic heterocycles. The van der Waals surface area contributed by atoms with E-state index in [-0.39, 0.29) is 5.54 Å². The summed E-state index contributed by atoms with van der Waals surface area (Å²) in [5.74, 6) is 0.655. The van der Waals surface area contributed by atoms with Crippen LogP contribution in [0.4, 0.5) is 0 Å². The lowest BCUT2D eigenvalue weighted by molar-refractivity contribution is 0.108. The number of pyridine rings is 1. The average Bonchev–Trinajstić information content (AvgIpc) is 2.35. The van der Waals surface area contributed by atoms with Gasteiger partial charge < -0.3 is 5.73 Å². The summed E-state index contributed by atoms with van der Waals surface area (Å²) in [5.41, 5.74) is 9.20. The lowest BCUT2D eigenvalue weighted by Gasteiger charge is -2.46. The number of rotatable bonds is 1. The summed E-state index contributed by atoms with van der Waals surface area (Å²) in [6.45, 7) is 6.99. The van der Waals surface area contributed by atoms with E-state index in [0.717, 1.165) is 18.4 Å². The van der Waals surface area contributed by atoms with Gasteiger partial charge in [-0.15, -0.1) is 0 Å². The van der Waals surface area contributed by atoms with Crippen LogP contribution in [0.1, 0.15) is 45.6 Å². The molecule has 0 spiro atoms. The first-order valence-corrected chi connectivity index (χ1v) is 7.53. The lowest BCUT2D eigenvalue weighted by Crippen LogP contribution is -2.46. The van der Waals surface area contributed by atoms with E-state index in [1.165, 1.54) is 17.4 Å². The van der Waals surface area contributed by atoms with Crippen molar-refractivity contribution in [3.8, 4) is 0 Å². The fourth-order valence-corrected chi connectivity index (χ4v) is 4.35. The highest BCUT2D eigenvalue weighted by molar-refractivity contribution is 5.82. The van der Waals surface area contributed by atoms with Gasteiger partial charge >= 0.3 is 0 Å². The third kappa shape index (κ3) is 2.33. The zero-order chi connectivity index (χ0) is 14.4. The van der Waals surface area contributed by atoms with E-state index >= 15 is 0 Å². The van der Waals surface area contributed by atoms with Gasteiger partial charge in [-0.05, 0) is 42.2 Å². The largest absolute Gasteiger partial charge is 0.321 e. The Hall–Kier alpha value is -1.41. The standard InChI is InChI=1S/C18H24N2/c1-13-10-17(2,3)12-18(19,11-13)15-8-4-6-14-7-5-9-20-16(14)15/h4-9,13H,10-12,19H2,1-3H3. The van der Waals surface area contributed by atoms with Crippen LogP contribution in [0.2, 0.25) is 0 Å². The highest BCUT2D eigenvalue weighted by Gasteiger charge is 2.42. The maximum absolute atomic E-state index is 6.87. The molecular formula is C18H24N2. The summed E-state index contributed by atoms with van der Waals surface area (Å²) in [6, 6.07) is 10.5. The van der Waals surface area contributed by atoms with Crippen molar-refractivity contribution in [2.24, 2.45) is 17.1 Å². The van der Waals surface area contributed by atoms with Crippen molar-refractivity contribution in [1.29, 1.82) is 0 Å². The molecule has 0 bridgehead atoms. The Labute approximate surface area is 121 Å². The molecule has 0 amide bonds. The van der Waals surface area contributed by atoms with Crippen molar-refractivity contribution in [2.45, 2.75) is 45.6 Å². The third-order valence-electron chi connectivity index (χ3n) is 4.58. The Bertz CT molecular complexity index is 627. The van der Waals surface area contributed by atoms with Crippen LogP contribution in [-0.2, 0) is 5.54 Å². The first kappa shape index (κ1) is 13.6. The second-order valence-corrected chi connectivity index (χ2v) is 7.39. The minimum atomic E-state index is -0.255. The Morgan fingerprint density at radius 2 is 1.90 bits per heavy atom. The molecule has 2 aromatic rings. The molecule has 1 heterocycles. The number of aromatic nitrogens is 1. The van der Waals surface area contributed by atoms with Crippen LogP contribution in [0, 0.1) is 11.3 Å². The van der Waals surface area contributed by atoms with Crippen LogP contribution in [-0.4, -0.2) is 4.98 Å². The molecule has 1 aliphatic rings. The Kier molecular flexibility index (Phi) is 3.09. The SMILES string of the molecule is CC1CC(C)(C)CC(N)(c2cccc3cccnc23)C1. The number of nitrogens with two attached hydrogens (primary N) is 1. The van der Waals surface area contributed by atoms with Gasteiger partial charge in [-0.2, -0.15) is 0 Å². The Balaban J connectivity index is 2.14. The fourth-order valence-electron chi connectivity index (χ4n) is 4.35. The average molecular weight is 268 g/mol. The normalized spacial score (nSPS) is 29.5. The van der Waals surface area contributed by atoms with Crippen molar-refractivity contribution < 1.29 is 0 Å². The van der Waals surface area contributed by atoms with Crippen LogP contribution in [0.3, 0.4) is 0 Å². The molecule has 3 rings (SSSR count). The van der Waals surface area contributed by atoms with Crippen LogP contribution in [0.15, 0.2) is 36.5 Å². The van der Waals surface area contributed by atoms with E-state index < -0.39 is 0 Å². The van der Waals surface area contributed by atoms with Crippen LogP contribution in [0.25, 0.3) is 10.9 Å². The fraction of sp³-hybridized carbons (Fsp3) is 0.500. The van der Waals surface area contributed by atoms with Crippen LogP contribution >= 0.6 is 0 Å². The number of hydrogen-bond donors (Lipinski definition) is 1. The molecule has 1 aromatic carbocycles. The molecular weight excluding hydrogens is 244 g/mol. The summed E-state index contributed by atoms with van der Waals surface area (Å²) in [7, 11) is 0. The maximum atomic E-state index is 6.87. The lowest BCUT2D eigenvalue weighted by atomic mass is 9.62. The van der Waals surface area contributed by atoms with Gasteiger partial charge in [0.1, 0.15) is 0 Å². The predicted molar refractivity (Wildman–Crippen MR) is 84.4 cm³/mol. The molecule has 2 atom stereocenters. The van der Waals surface area contributed by atoms with Crippen LogP contribution in [0.5, 0.6) is 0 Å². The molecule has 2 heteroatoms. The van der Waals surface area contributed by atoms with E-state index in [1.807, 2.05) is 12.3 Å². The zero-order valence-electron chi connectivity index (χ0n) is 12.7. The smallest absolute Gasteiger partial charge is 0.0752 e. The van der Waals surface area contributed by atoms with E-state index in [2.05, 4.69) is 50.0 Å². The number of benzene rings is 1. The summed E-state index contributed by atoms with van der Waals surface area (Å²) in [6.07, 6.45) is 5.20. The number of fused-ring (bicyclic) bond motifs is 1. The van der Waals surface area contributed by atoms with Gasteiger partial charge in [-0.1, -0.05) is 45.0 Å². The third-order valence-corrected chi connectivity index (χ3v) is 4.58. The molecule has 1 aliphatic carbocycles. The van der Waals surface area contributed by atoms with E-state index in [9.17, 15) is 0 Å². The number of nitrogens with zero attached hydrogens (tertiary/aromatic N) is 1. The van der Waals surface area contributed by atoms with Crippen molar-refractivity contribution in [3.63, 3.8) is 0 Å². The zero-order valence-corrected chi connectivity index (χ0v) is 12.7. The summed E-state index contributed by atoms with van der Waals surface area (Å²) in [4.78, 5) is 4.59. The second-order valence-electron chi connectivity index (χ2n) is 7.39. The molecule has 20 heavy (non-hydrogen) atoms. The van der Waals surface area contributed by atoms with Gasteiger partial charge in [0.2, 0.25) is 0 Å². The van der Waals surface area contributed by atoms with Gasteiger partial charge in [-0.3, -0.25) is 4.98 Å². The maximum Gasteiger partial charge on any atom is 0.0752 e. The molecule has 2 nitrogen and oxygen atoms in total. The van der Waals surface area contributed by atoms with E-state index in [0.29, 0.717) is 11.3 Å². The van der Waals surface area contributed by atoms with Gasteiger partial charge in [0, 0.05) is 17.1 Å². The molecule has 1 aromatic heterocycles. The van der Waals surface area contributed by atoms with Gasteiger partial charge in [-0.25, -0.2) is 0 Å². The highest BCUT2D eigenvalue weighted by Crippen LogP contribution is 2.48. The Morgan fingerprint density at radius 1 is 1.15 bits per heavy atom. The van der Waals surface area contributed by atoms with Crippen molar-refractivity contribution >= 4 is 10.9 Å². The van der Waals surface area contributed by atoms with Gasteiger partial charge in [0.15, 0.2) is 0 Å². The molecule has 0 radical (unpaired) electrons. The quantitative estimate of drug-likeness (QED) is 0.840. The first-order chi connectivity index (χ1) is 9.40. The summed E-state index contributed by atoms with van der Waals surface area (Å²) >= 11 is 0. The Morgan fingerprint density at radius 3 is 2.65 bits per heavy atom. The van der Waals surface area contributed by atoms with E-state index in [4.69, 9.17) is 5.73 Å². The first-order valence-electron chi connectivity index (χ1n) is 7.53. The number of para-hydroxylation sites is 1. The van der Waals surface area contributed by atoms with Crippen LogP contribution < -0.4 is 5.73 Å². The minimum Gasteiger partial charge on any atom is -0.321 e. The molecule has 1 fully saturated rings. The number of hydrogen-bond acceptors (Lipinski definition) is 2. The van der Waals surface area contributed by atoms with E-state index in [1.54, 1.807) is 0 Å². The monoisotopic (exact) mass is 268 g/mol. The highest BCUT2D eigenvalue weighted by atomic mass is 14.8. The van der Waals surface area contributed by atoms with Crippen molar-refractivity contribution in [2.75, 3.05) is 0 Å².